The minimum atomic E-state index is -0.196. The van der Waals surface area contributed by atoms with Crippen LogP contribution < -0.4 is 11.1 Å². The molecule has 5 heteroatoms. The summed E-state index contributed by atoms with van der Waals surface area (Å²) in [5.74, 6) is -0.196. The third kappa shape index (κ3) is 2.60. The predicted molar refractivity (Wildman–Crippen MR) is 87.9 cm³/mol. The number of aromatic nitrogens is 1. The Kier molecular flexibility index (Phi) is 3.35. The van der Waals surface area contributed by atoms with E-state index in [0.717, 1.165) is 21.2 Å². The quantitative estimate of drug-likeness (QED) is 0.757. The standard InChI is InChI=1S/C16H15N3OS/c1-9-3-4-12-13(6-9)21-15(14(12)17)16(20)19-11-5-10(2)7-18-8-11/h3-8H,17H2,1-2H3,(H,19,20). The van der Waals surface area contributed by atoms with Crippen molar-refractivity contribution in [2.45, 2.75) is 13.8 Å². The first-order chi connectivity index (χ1) is 10.0. The molecule has 2 heterocycles. The molecule has 1 aromatic carbocycles. The van der Waals surface area contributed by atoms with E-state index in [1.54, 1.807) is 12.4 Å². The number of amides is 1. The summed E-state index contributed by atoms with van der Waals surface area (Å²) in [6.45, 7) is 3.95. The number of pyridine rings is 1. The van der Waals surface area contributed by atoms with Gasteiger partial charge >= 0.3 is 0 Å². The summed E-state index contributed by atoms with van der Waals surface area (Å²) < 4.78 is 1.03. The molecule has 21 heavy (non-hydrogen) atoms. The molecule has 0 spiro atoms. The van der Waals surface area contributed by atoms with Crippen LogP contribution in [0.2, 0.25) is 0 Å². The number of fused-ring (bicyclic) bond motifs is 1. The molecule has 4 nitrogen and oxygen atoms in total. The van der Waals surface area contributed by atoms with E-state index in [-0.39, 0.29) is 5.91 Å². The number of thiophene rings is 1. The van der Waals surface area contributed by atoms with Gasteiger partial charge in [0.05, 0.1) is 17.6 Å². The van der Waals surface area contributed by atoms with Gasteiger partial charge in [0.15, 0.2) is 0 Å². The van der Waals surface area contributed by atoms with E-state index in [4.69, 9.17) is 5.73 Å². The highest BCUT2D eigenvalue weighted by molar-refractivity contribution is 7.21. The normalized spacial score (nSPS) is 10.8. The second-order valence-corrected chi connectivity index (χ2v) is 6.10. The lowest BCUT2D eigenvalue weighted by molar-refractivity contribution is 0.103. The van der Waals surface area contributed by atoms with E-state index in [1.165, 1.54) is 11.3 Å². The number of carbonyl (C=O) groups excluding carboxylic acids is 1. The zero-order chi connectivity index (χ0) is 15.0. The Morgan fingerprint density at radius 1 is 1.19 bits per heavy atom. The highest BCUT2D eigenvalue weighted by atomic mass is 32.1. The minimum Gasteiger partial charge on any atom is -0.397 e. The Morgan fingerprint density at radius 3 is 2.76 bits per heavy atom. The van der Waals surface area contributed by atoms with E-state index >= 15 is 0 Å². The maximum Gasteiger partial charge on any atom is 0.267 e. The van der Waals surface area contributed by atoms with Crippen molar-refractivity contribution in [2.75, 3.05) is 11.1 Å². The number of hydrogen-bond acceptors (Lipinski definition) is 4. The Morgan fingerprint density at radius 2 is 2.00 bits per heavy atom. The number of rotatable bonds is 2. The van der Waals surface area contributed by atoms with Crippen LogP contribution in [0.1, 0.15) is 20.8 Å². The van der Waals surface area contributed by atoms with Gasteiger partial charge in [-0.25, -0.2) is 0 Å². The van der Waals surface area contributed by atoms with Crippen molar-refractivity contribution in [3.05, 3.63) is 52.7 Å². The van der Waals surface area contributed by atoms with Crippen LogP contribution in [0.25, 0.3) is 10.1 Å². The smallest absolute Gasteiger partial charge is 0.267 e. The van der Waals surface area contributed by atoms with E-state index in [1.807, 2.05) is 38.1 Å². The van der Waals surface area contributed by atoms with Crippen LogP contribution >= 0.6 is 11.3 Å². The largest absolute Gasteiger partial charge is 0.397 e. The lowest BCUT2D eigenvalue weighted by atomic mass is 10.1. The number of hydrogen-bond donors (Lipinski definition) is 2. The van der Waals surface area contributed by atoms with Crippen LogP contribution in [0.5, 0.6) is 0 Å². The molecule has 0 atom stereocenters. The van der Waals surface area contributed by atoms with E-state index in [0.29, 0.717) is 16.3 Å². The summed E-state index contributed by atoms with van der Waals surface area (Å²) in [7, 11) is 0. The zero-order valence-corrected chi connectivity index (χ0v) is 12.6. The molecule has 3 N–H and O–H groups in total. The maximum atomic E-state index is 12.4. The summed E-state index contributed by atoms with van der Waals surface area (Å²) in [6.07, 6.45) is 3.37. The first-order valence-electron chi connectivity index (χ1n) is 6.56. The third-order valence-corrected chi connectivity index (χ3v) is 4.39. The van der Waals surface area contributed by atoms with Gasteiger partial charge in [-0.05, 0) is 37.1 Å². The molecule has 3 aromatic rings. The molecule has 0 aliphatic heterocycles. The van der Waals surface area contributed by atoms with Crippen molar-refractivity contribution in [2.24, 2.45) is 0 Å². The van der Waals surface area contributed by atoms with Gasteiger partial charge in [-0.15, -0.1) is 11.3 Å². The summed E-state index contributed by atoms with van der Waals surface area (Å²) >= 11 is 1.41. The van der Waals surface area contributed by atoms with Gasteiger partial charge in [0.25, 0.3) is 5.91 Å². The molecule has 0 saturated carbocycles. The van der Waals surface area contributed by atoms with E-state index in [2.05, 4.69) is 10.3 Å². The molecule has 0 unspecified atom stereocenters. The molecule has 0 saturated heterocycles. The van der Waals surface area contributed by atoms with Crippen LogP contribution in [0.3, 0.4) is 0 Å². The SMILES string of the molecule is Cc1cncc(NC(=O)c2sc3cc(C)ccc3c2N)c1. The number of benzene rings is 1. The lowest BCUT2D eigenvalue weighted by Crippen LogP contribution is -2.12. The molecule has 0 aliphatic carbocycles. The first kappa shape index (κ1) is 13.6. The Labute approximate surface area is 126 Å². The summed E-state index contributed by atoms with van der Waals surface area (Å²) in [5.41, 5.74) is 9.46. The fourth-order valence-electron chi connectivity index (χ4n) is 2.20. The summed E-state index contributed by atoms with van der Waals surface area (Å²) in [5, 5.41) is 3.77. The van der Waals surface area contributed by atoms with Gasteiger partial charge in [-0.3, -0.25) is 9.78 Å². The molecule has 2 aromatic heterocycles. The third-order valence-electron chi connectivity index (χ3n) is 3.22. The van der Waals surface area contributed by atoms with E-state index < -0.39 is 0 Å². The lowest BCUT2D eigenvalue weighted by Gasteiger charge is -2.04. The van der Waals surface area contributed by atoms with Gasteiger partial charge in [0, 0.05) is 16.3 Å². The summed E-state index contributed by atoms with van der Waals surface area (Å²) in [6, 6.07) is 7.87. The van der Waals surface area contributed by atoms with Crippen molar-refractivity contribution in [1.29, 1.82) is 0 Å². The minimum absolute atomic E-state index is 0.196. The number of nitrogens with one attached hydrogen (secondary N) is 1. The van der Waals surface area contributed by atoms with Crippen molar-refractivity contribution in [1.82, 2.24) is 4.98 Å². The van der Waals surface area contributed by atoms with Gasteiger partial charge in [-0.1, -0.05) is 12.1 Å². The Bertz CT molecular complexity index is 839. The Balaban J connectivity index is 1.96. The van der Waals surface area contributed by atoms with Crippen LogP contribution in [0.15, 0.2) is 36.7 Å². The van der Waals surface area contributed by atoms with Gasteiger partial charge in [0.1, 0.15) is 4.88 Å². The average molecular weight is 297 g/mol. The van der Waals surface area contributed by atoms with Crippen LogP contribution in [-0.2, 0) is 0 Å². The average Bonchev–Trinajstić information content (AvgIpc) is 2.75. The molecule has 1 amide bonds. The van der Waals surface area contributed by atoms with Crippen molar-refractivity contribution >= 4 is 38.7 Å². The predicted octanol–water partition coefficient (Wildman–Crippen LogP) is 3.75. The van der Waals surface area contributed by atoms with Gasteiger partial charge < -0.3 is 11.1 Å². The topological polar surface area (TPSA) is 68.0 Å². The number of carbonyl (C=O) groups is 1. The number of nitrogen functional groups attached to an aromatic ring is 1. The number of nitrogens with zero attached hydrogens (tertiary/aromatic N) is 1. The van der Waals surface area contributed by atoms with Crippen LogP contribution in [0, 0.1) is 13.8 Å². The van der Waals surface area contributed by atoms with Crippen molar-refractivity contribution in [3.63, 3.8) is 0 Å². The van der Waals surface area contributed by atoms with Crippen LogP contribution in [-0.4, -0.2) is 10.9 Å². The molecule has 0 fully saturated rings. The highest BCUT2D eigenvalue weighted by Crippen LogP contribution is 2.34. The molecule has 0 aliphatic rings. The maximum absolute atomic E-state index is 12.4. The van der Waals surface area contributed by atoms with Gasteiger partial charge in [-0.2, -0.15) is 0 Å². The van der Waals surface area contributed by atoms with Crippen molar-refractivity contribution in [3.8, 4) is 0 Å². The number of anilines is 2. The fourth-order valence-corrected chi connectivity index (χ4v) is 3.32. The van der Waals surface area contributed by atoms with Crippen LogP contribution in [0.4, 0.5) is 11.4 Å². The second kappa shape index (κ2) is 5.18. The molecular weight excluding hydrogens is 282 g/mol. The summed E-state index contributed by atoms with van der Waals surface area (Å²) in [4.78, 5) is 17.0. The molecule has 3 rings (SSSR count). The number of nitrogens with two attached hydrogens (primary N) is 1. The monoisotopic (exact) mass is 297 g/mol. The first-order valence-corrected chi connectivity index (χ1v) is 7.38. The Hall–Kier alpha value is -2.40. The molecule has 106 valence electrons. The molecule has 0 radical (unpaired) electrons. The van der Waals surface area contributed by atoms with Gasteiger partial charge in [0.2, 0.25) is 0 Å². The number of aryl methyl sites for hydroxylation is 2. The molecular formula is C16H15N3OS. The van der Waals surface area contributed by atoms with Crippen molar-refractivity contribution < 1.29 is 4.79 Å². The second-order valence-electron chi connectivity index (χ2n) is 5.05. The van der Waals surface area contributed by atoms with E-state index in [9.17, 15) is 4.79 Å². The zero-order valence-electron chi connectivity index (χ0n) is 11.8. The highest BCUT2D eigenvalue weighted by Gasteiger charge is 2.16. The molecule has 0 bridgehead atoms. The fraction of sp³-hybridized carbons (Fsp3) is 0.125.